The minimum absolute atomic E-state index is 1.10. The third-order valence-electron chi connectivity index (χ3n) is 6.06. The highest BCUT2D eigenvalue weighted by Crippen LogP contribution is 2.39. The summed E-state index contributed by atoms with van der Waals surface area (Å²) in [6.07, 6.45) is 16.9. The van der Waals surface area contributed by atoms with Gasteiger partial charge in [0.1, 0.15) is 0 Å². The van der Waals surface area contributed by atoms with E-state index in [4.69, 9.17) is 0 Å². The average Bonchev–Trinajstić information content (AvgIpc) is 2.93. The first kappa shape index (κ1) is 24.2. The summed E-state index contributed by atoms with van der Waals surface area (Å²) >= 11 is 3.61. The van der Waals surface area contributed by atoms with Crippen molar-refractivity contribution in [3.05, 3.63) is 144 Å². The van der Waals surface area contributed by atoms with Gasteiger partial charge in [0.15, 0.2) is 0 Å². The van der Waals surface area contributed by atoms with Crippen LogP contribution < -0.4 is 0 Å². The summed E-state index contributed by atoms with van der Waals surface area (Å²) < 4.78 is 0. The summed E-state index contributed by atoms with van der Waals surface area (Å²) in [4.78, 5) is 3.78. The standard InChI is InChI=1S/C34H28S2/c1-2-3-4-12-23-35-33-21-19-26-13-8-9-14-27(26)20-22-34(36-30-17-6-5-7-18-30)32-25-29-16-11-10-15-28(29)24-31(32)33/h2-4,6,8-25H,1,5,7H2/b4-3-,21-19?,22-20?,23-12+,26-19?,27-20?,33-21?,33-31?,34-22?,34-32?. The van der Waals surface area contributed by atoms with Crippen molar-refractivity contribution in [3.8, 4) is 0 Å². The Morgan fingerprint density at radius 1 is 0.639 bits per heavy atom. The van der Waals surface area contributed by atoms with E-state index in [1.54, 1.807) is 17.8 Å². The van der Waals surface area contributed by atoms with E-state index in [0.717, 1.165) is 12.8 Å². The van der Waals surface area contributed by atoms with Crippen LogP contribution in [0.1, 0.15) is 12.8 Å². The fourth-order valence-corrected chi connectivity index (χ4v) is 6.05. The molecule has 0 N–H and O–H groups in total. The molecule has 0 saturated heterocycles. The number of hydrogen-bond donors (Lipinski definition) is 0. The van der Waals surface area contributed by atoms with Crippen LogP contribution in [0.25, 0.3) is 32.3 Å². The Hall–Kier alpha value is -3.46. The van der Waals surface area contributed by atoms with Crippen LogP contribution in [0.5, 0.6) is 0 Å². The zero-order valence-corrected chi connectivity index (χ0v) is 21.8. The van der Waals surface area contributed by atoms with Crippen molar-refractivity contribution < 1.29 is 0 Å². The van der Waals surface area contributed by atoms with E-state index in [-0.39, 0.29) is 0 Å². The second kappa shape index (κ2) is 12.0. The van der Waals surface area contributed by atoms with Crippen LogP contribution in [-0.2, 0) is 0 Å². The zero-order valence-electron chi connectivity index (χ0n) is 20.1. The highest BCUT2D eigenvalue weighted by atomic mass is 32.2. The molecule has 4 aromatic carbocycles. The molecule has 5 rings (SSSR count). The van der Waals surface area contributed by atoms with Crippen molar-refractivity contribution in [1.82, 2.24) is 0 Å². The normalized spacial score (nSPS) is 13.5. The lowest BCUT2D eigenvalue weighted by Crippen LogP contribution is -1.84. The van der Waals surface area contributed by atoms with Crippen molar-refractivity contribution >= 4 is 55.8 Å². The molecule has 0 unspecified atom stereocenters. The van der Waals surface area contributed by atoms with Crippen molar-refractivity contribution in [2.75, 3.05) is 0 Å². The Balaban J connectivity index is 1.83. The van der Waals surface area contributed by atoms with Gasteiger partial charge in [0, 0.05) is 14.7 Å². The molecule has 0 aliphatic heterocycles. The fraction of sp³-hybridized carbons (Fsp3) is 0.0588. The van der Waals surface area contributed by atoms with Gasteiger partial charge in [0.05, 0.1) is 0 Å². The predicted octanol–water partition coefficient (Wildman–Crippen LogP) is 10.9. The van der Waals surface area contributed by atoms with E-state index in [1.165, 1.54) is 47.0 Å². The first-order valence-corrected chi connectivity index (χ1v) is 13.9. The van der Waals surface area contributed by atoms with Gasteiger partial charge in [-0.3, -0.25) is 0 Å². The minimum Gasteiger partial charge on any atom is -0.0991 e. The first-order chi connectivity index (χ1) is 17.8. The summed E-state index contributed by atoms with van der Waals surface area (Å²) in [5, 5.41) is 9.60. The lowest BCUT2D eigenvalue weighted by Gasteiger charge is -2.11. The molecule has 0 amide bonds. The van der Waals surface area contributed by atoms with Crippen LogP contribution in [0.4, 0.5) is 0 Å². The average molecular weight is 501 g/mol. The fourth-order valence-electron chi connectivity index (χ4n) is 4.26. The molecule has 0 atom stereocenters. The molecule has 0 nitrogen and oxygen atoms in total. The molecule has 0 saturated carbocycles. The van der Waals surface area contributed by atoms with Gasteiger partial charge in [-0.1, -0.05) is 133 Å². The van der Waals surface area contributed by atoms with Crippen molar-refractivity contribution in [1.29, 1.82) is 0 Å². The van der Waals surface area contributed by atoms with Gasteiger partial charge in [-0.25, -0.2) is 0 Å². The molecule has 0 radical (unpaired) electrons. The SMILES string of the molecule is C=C/C=C\C=C\Sc1ccc2ccccc2ccc(SC2=CCCC=C2)c2cc3ccccc3cc12. The van der Waals surface area contributed by atoms with Crippen molar-refractivity contribution in [2.24, 2.45) is 0 Å². The van der Waals surface area contributed by atoms with Crippen LogP contribution >= 0.6 is 23.5 Å². The molecular formula is C34H28S2. The largest absolute Gasteiger partial charge is 0.0991 e. The van der Waals surface area contributed by atoms with E-state index in [0.29, 0.717) is 0 Å². The Kier molecular flexibility index (Phi) is 8.07. The second-order valence-corrected chi connectivity index (χ2v) is 10.6. The molecule has 1 aliphatic rings. The monoisotopic (exact) mass is 500 g/mol. The summed E-state index contributed by atoms with van der Waals surface area (Å²) in [5.41, 5.74) is 0. The lowest BCUT2D eigenvalue weighted by atomic mass is 10.0. The lowest BCUT2D eigenvalue weighted by molar-refractivity contribution is 1.03. The van der Waals surface area contributed by atoms with E-state index in [2.05, 4.69) is 121 Å². The molecule has 0 aromatic heterocycles. The molecule has 0 fully saturated rings. The zero-order chi connectivity index (χ0) is 24.6. The number of benzene rings is 3. The third-order valence-corrected chi connectivity index (χ3v) is 8.08. The summed E-state index contributed by atoms with van der Waals surface area (Å²) in [6.45, 7) is 3.76. The van der Waals surface area contributed by atoms with E-state index in [9.17, 15) is 0 Å². The van der Waals surface area contributed by atoms with Gasteiger partial charge in [-0.05, 0) is 74.8 Å². The Bertz CT molecular complexity index is 1570. The molecule has 0 spiro atoms. The number of hydrogen-bond acceptors (Lipinski definition) is 2. The van der Waals surface area contributed by atoms with Crippen molar-refractivity contribution in [3.63, 3.8) is 0 Å². The van der Waals surface area contributed by atoms with E-state index >= 15 is 0 Å². The topological polar surface area (TPSA) is 0 Å². The maximum atomic E-state index is 3.76. The first-order valence-electron chi connectivity index (χ1n) is 12.2. The quantitative estimate of drug-likeness (QED) is 0.191. The summed E-state index contributed by atoms with van der Waals surface area (Å²) in [5.74, 6) is 0. The molecule has 0 heterocycles. The molecular weight excluding hydrogens is 473 g/mol. The van der Waals surface area contributed by atoms with Crippen LogP contribution in [0.2, 0.25) is 0 Å². The van der Waals surface area contributed by atoms with Crippen LogP contribution in [-0.4, -0.2) is 0 Å². The highest BCUT2D eigenvalue weighted by Gasteiger charge is 2.08. The van der Waals surface area contributed by atoms with Crippen LogP contribution in [0.3, 0.4) is 0 Å². The van der Waals surface area contributed by atoms with Gasteiger partial charge >= 0.3 is 0 Å². The van der Waals surface area contributed by atoms with Gasteiger partial charge in [0.25, 0.3) is 0 Å². The van der Waals surface area contributed by atoms with Gasteiger partial charge < -0.3 is 0 Å². The third kappa shape index (κ3) is 5.84. The van der Waals surface area contributed by atoms with Gasteiger partial charge in [-0.2, -0.15) is 0 Å². The smallest absolute Gasteiger partial charge is 0.0201 e. The van der Waals surface area contributed by atoms with Crippen molar-refractivity contribution in [2.45, 2.75) is 22.6 Å². The maximum absolute atomic E-state index is 3.76. The number of thioether (sulfide) groups is 2. The minimum atomic E-state index is 1.10. The van der Waals surface area contributed by atoms with Gasteiger partial charge in [0.2, 0.25) is 0 Å². The van der Waals surface area contributed by atoms with Gasteiger partial charge in [-0.15, -0.1) is 0 Å². The Labute approximate surface area is 222 Å². The van der Waals surface area contributed by atoms with E-state index < -0.39 is 0 Å². The maximum Gasteiger partial charge on any atom is 0.0201 e. The summed E-state index contributed by atoms with van der Waals surface area (Å²) in [6, 6.07) is 31.0. The number of rotatable bonds is 6. The Morgan fingerprint density at radius 3 is 1.92 bits per heavy atom. The van der Waals surface area contributed by atoms with E-state index in [1.807, 2.05) is 23.9 Å². The molecule has 4 aromatic rings. The Morgan fingerprint density at radius 2 is 1.28 bits per heavy atom. The molecule has 0 bridgehead atoms. The molecule has 2 heteroatoms. The van der Waals surface area contributed by atoms with Crippen LogP contribution in [0, 0.1) is 0 Å². The second-order valence-electron chi connectivity index (χ2n) is 8.52. The number of fused-ring (bicyclic) bond motifs is 3. The predicted molar refractivity (Wildman–Crippen MR) is 163 cm³/mol. The number of allylic oxidation sites excluding steroid dienone is 7. The van der Waals surface area contributed by atoms with Crippen LogP contribution in [0.15, 0.2) is 154 Å². The molecule has 1 aliphatic carbocycles. The molecule has 36 heavy (non-hydrogen) atoms. The summed E-state index contributed by atoms with van der Waals surface area (Å²) in [7, 11) is 0. The molecule has 176 valence electrons. The highest BCUT2D eigenvalue weighted by molar-refractivity contribution is 8.03.